The van der Waals surface area contributed by atoms with Crippen LogP contribution in [0.15, 0.2) is 24.3 Å². The van der Waals surface area contributed by atoms with Gasteiger partial charge in [0.2, 0.25) is 0 Å². The molecule has 21 heavy (non-hydrogen) atoms. The molecule has 116 valence electrons. The molecule has 0 bridgehead atoms. The Morgan fingerprint density at radius 2 is 2.10 bits per heavy atom. The number of aliphatic hydroxyl groups is 1. The van der Waals surface area contributed by atoms with E-state index >= 15 is 0 Å². The Balaban J connectivity index is 2.09. The third-order valence-corrected chi connectivity index (χ3v) is 4.40. The van der Waals surface area contributed by atoms with Gasteiger partial charge in [0.15, 0.2) is 0 Å². The van der Waals surface area contributed by atoms with Crippen LogP contribution in [0.3, 0.4) is 0 Å². The highest BCUT2D eigenvalue weighted by molar-refractivity contribution is 5.94. The third-order valence-electron chi connectivity index (χ3n) is 4.40. The average Bonchev–Trinajstić information content (AvgIpc) is 2.54. The van der Waals surface area contributed by atoms with E-state index in [1.165, 1.54) is 19.3 Å². The van der Waals surface area contributed by atoms with Crippen molar-refractivity contribution in [3.63, 3.8) is 0 Å². The average molecular weight is 290 g/mol. The van der Waals surface area contributed by atoms with E-state index in [2.05, 4.69) is 0 Å². The highest BCUT2D eigenvalue weighted by atomic mass is 16.3. The van der Waals surface area contributed by atoms with Crippen molar-refractivity contribution < 1.29 is 9.90 Å². The molecule has 0 radical (unpaired) electrons. The number of carbonyl (C=O) groups excluding carboxylic acids is 1. The molecule has 1 aromatic rings. The summed E-state index contributed by atoms with van der Waals surface area (Å²) in [6.45, 7) is 0.432. The maximum Gasteiger partial charge on any atom is 0.253 e. The Labute approximate surface area is 126 Å². The number of hydrogen-bond donors (Lipinski definition) is 2. The Kier molecular flexibility index (Phi) is 5.76. The van der Waals surface area contributed by atoms with Gasteiger partial charge < -0.3 is 15.7 Å². The fraction of sp³-hybridized carbons (Fsp3) is 0.588. The number of rotatable bonds is 5. The minimum absolute atomic E-state index is 0.0451. The van der Waals surface area contributed by atoms with E-state index in [-0.39, 0.29) is 5.91 Å². The first-order valence-electron chi connectivity index (χ1n) is 7.88. The molecule has 0 saturated heterocycles. The summed E-state index contributed by atoms with van der Waals surface area (Å²) in [5, 5.41) is 10.0. The van der Waals surface area contributed by atoms with Crippen molar-refractivity contribution in [1.29, 1.82) is 0 Å². The van der Waals surface area contributed by atoms with Crippen LogP contribution in [0.2, 0.25) is 0 Å². The predicted octanol–water partition coefficient (Wildman–Crippen LogP) is 2.47. The van der Waals surface area contributed by atoms with Gasteiger partial charge in [-0.3, -0.25) is 4.79 Å². The van der Waals surface area contributed by atoms with Crippen molar-refractivity contribution >= 4 is 5.91 Å². The number of amides is 1. The molecule has 1 aliphatic rings. The molecular formula is C17H26N2O2. The number of nitrogens with two attached hydrogens (primary N) is 1. The zero-order chi connectivity index (χ0) is 15.2. The number of carbonyl (C=O) groups is 1. The molecule has 4 nitrogen and oxygen atoms in total. The number of nitrogens with zero attached hydrogens (tertiary/aromatic N) is 1. The smallest absolute Gasteiger partial charge is 0.253 e. The van der Waals surface area contributed by atoms with Crippen molar-refractivity contribution in [2.75, 3.05) is 13.6 Å². The van der Waals surface area contributed by atoms with E-state index in [0.717, 1.165) is 18.4 Å². The van der Waals surface area contributed by atoms with Crippen LogP contribution in [-0.4, -0.2) is 35.5 Å². The molecule has 0 aliphatic heterocycles. The topological polar surface area (TPSA) is 66.6 Å². The lowest BCUT2D eigenvalue weighted by atomic mass is 9.94. The second-order valence-electron chi connectivity index (χ2n) is 5.93. The van der Waals surface area contributed by atoms with E-state index in [0.29, 0.717) is 24.6 Å². The monoisotopic (exact) mass is 290 g/mol. The summed E-state index contributed by atoms with van der Waals surface area (Å²) in [6, 6.07) is 7.64. The van der Waals surface area contributed by atoms with Crippen LogP contribution in [0.4, 0.5) is 0 Å². The second-order valence-corrected chi connectivity index (χ2v) is 5.93. The van der Waals surface area contributed by atoms with Crippen molar-refractivity contribution in [3.05, 3.63) is 35.4 Å². The van der Waals surface area contributed by atoms with Gasteiger partial charge in [0.05, 0.1) is 6.10 Å². The number of benzene rings is 1. The van der Waals surface area contributed by atoms with Gasteiger partial charge in [-0.05, 0) is 43.5 Å². The highest BCUT2D eigenvalue weighted by Crippen LogP contribution is 2.24. The maximum absolute atomic E-state index is 12.6. The predicted molar refractivity (Wildman–Crippen MR) is 84.0 cm³/mol. The Morgan fingerprint density at radius 3 is 2.76 bits per heavy atom. The van der Waals surface area contributed by atoms with E-state index in [4.69, 9.17) is 5.73 Å². The van der Waals surface area contributed by atoms with E-state index in [1.807, 2.05) is 30.1 Å². The van der Waals surface area contributed by atoms with Crippen LogP contribution in [0.25, 0.3) is 0 Å². The molecule has 0 heterocycles. The lowest BCUT2D eigenvalue weighted by Crippen LogP contribution is -2.38. The molecule has 0 spiro atoms. The summed E-state index contributed by atoms with van der Waals surface area (Å²) < 4.78 is 0. The minimum Gasteiger partial charge on any atom is -0.388 e. The molecule has 2 rings (SSSR count). The fourth-order valence-electron chi connectivity index (χ4n) is 3.04. The van der Waals surface area contributed by atoms with E-state index in [9.17, 15) is 9.90 Å². The largest absolute Gasteiger partial charge is 0.388 e. The van der Waals surface area contributed by atoms with Crippen molar-refractivity contribution in [3.8, 4) is 0 Å². The molecule has 1 aliphatic carbocycles. The molecule has 1 atom stereocenters. The fourth-order valence-corrected chi connectivity index (χ4v) is 3.04. The summed E-state index contributed by atoms with van der Waals surface area (Å²) in [5.41, 5.74) is 6.89. The molecule has 3 N–H and O–H groups in total. The van der Waals surface area contributed by atoms with Crippen LogP contribution < -0.4 is 5.73 Å². The molecule has 1 unspecified atom stereocenters. The Bertz CT molecular complexity index is 470. The van der Waals surface area contributed by atoms with Crippen LogP contribution in [0.5, 0.6) is 0 Å². The standard InChI is InChI=1S/C17H26N2O2/c1-19(15-8-3-2-4-9-15)17(21)14-7-5-6-13(12-14)16(20)10-11-18/h5-7,12,15-16,20H,2-4,8-11,18H2,1H3. The number of aliphatic hydroxyl groups excluding tert-OH is 1. The quantitative estimate of drug-likeness (QED) is 0.875. The van der Waals surface area contributed by atoms with Gasteiger partial charge in [-0.2, -0.15) is 0 Å². The van der Waals surface area contributed by atoms with Crippen LogP contribution in [0, 0.1) is 0 Å². The van der Waals surface area contributed by atoms with Crippen molar-refractivity contribution in [2.24, 2.45) is 5.73 Å². The van der Waals surface area contributed by atoms with Gasteiger partial charge >= 0.3 is 0 Å². The second kappa shape index (κ2) is 7.57. The van der Waals surface area contributed by atoms with Gasteiger partial charge in [0.25, 0.3) is 5.91 Å². The van der Waals surface area contributed by atoms with E-state index < -0.39 is 6.10 Å². The van der Waals surface area contributed by atoms with Gasteiger partial charge in [-0.25, -0.2) is 0 Å². The van der Waals surface area contributed by atoms with Gasteiger partial charge in [-0.15, -0.1) is 0 Å². The normalized spacial score (nSPS) is 17.5. The summed E-state index contributed by atoms with van der Waals surface area (Å²) >= 11 is 0. The number of hydrogen-bond acceptors (Lipinski definition) is 3. The summed E-state index contributed by atoms with van der Waals surface area (Å²) in [6.07, 6.45) is 5.79. The SMILES string of the molecule is CN(C(=O)c1cccc(C(O)CCN)c1)C1CCCCC1. The first-order valence-corrected chi connectivity index (χ1v) is 7.88. The van der Waals surface area contributed by atoms with Gasteiger partial charge in [0, 0.05) is 18.7 Å². The Hall–Kier alpha value is -1.39. The summed E-state index contributed by atoms with van der Waals surface area (Å²) in [7, 11) is 1.89. The molecule has 1 fully saturated rings. The zero-order valence-electron chi connectivity index (χ0n) is 12.8. The Morgan fingerprint density at radius 1 is 1.38 bits per heavy atom. The van der Waals surface area contributed by atoms with Gasteiger partial charge in [0.1, 0.15) is 0 Å². The molecule has 0 aromatic heterocycles. The lowest BCUT2D eigenvalue weighted by molar-refractivity contribution is 0.0696. The first-order chi connectivity index (χ1) is 10.1. The maximum atomic E-state index is 12.6. The first kappa shape index (κ1) is 16.0. The molecule has 1 aromatic carbocycles. The summed E-state index contributed by atoms with van der Waals surface area (Å²) in [4.78, 5) is 14.5. The highest BCUT2D eigenvalue weighted by Gasteiger charge is 2.23. The van der Waals surface area contributed by atoms with Crippen LogP contribution in [0.1, 0.15) is 60.6 Å². The van der Waals surface area contributed by atoms with Crippen LogP contribution in [-0.2, 0) is 0 Å². The molecule has 4 heteroatoms. The zero-order valence-corrected chi connectivity index (χ0v) is 12.8. The summed E-state index contributed by atoms with van der Waals surface area (Å²) in [5.74, 6) is 0.0451. The van der Waals surface area contributed by atoms with E-state index in [1.54, 1.807) is 6.07 Å². The van der Waals surface area contributed by atoms with Crippen LogP contribution >= 0.6 is 0 Å². The molecule has 1 amide bonds. The minimum atomic E-state index is -0.595. The lowest BCUT2D eigenvalue weighted by Gasteiger charge is -2.31. The van der Waals surface area contributed by atoms with Gasteiger partial charge in [-0.1, -0.05) is 31.4 Å². The molecular weight excluding hydrogens is 264 g/mol. The van der Waals surface area contributed by atoms with Crippen molar-refractivity contribution in [1.82, 2.24) is 4.90 Å². The molecule has 1 saturated carbocycles. The van der Waals surface area contributed by atoms with Crippen molar-refractivity contribution in [2.45, 2.75) is 50.7 Å². The third kappa shape index (κ3) is 4.05.